The molecule has 3 rings (SSSR count). The van der Waals surface area contributed by atoms with Gasteiger partial charge in [-0.25, -0.2) is 14.3 Å². The predicted molar refractivity (Wildman–Crippen MR) is 135 cm³/mol. The zero-order chi connectivity index (χ0) is 25.1. The number of nitrogens with zero attached hydrogens (tertiary/aromatic N) is 4. The molecule has 0 N–H and O–H groups in total. The minimum atomic E-state index is -1.17. The molecule has 0 bridgehead atoms. The van der Waals surface area contributed by atoms with E-state index >= 15 is 0 Å². The van der Waals surface area contributed by atoms with E-state index in [1.807, 2.05) is 33.0 Å². The van der Waals surface area contributed by atoms with Crippen molar-refractivity contribution in [3.05, 3.63) is 23.9 Å². The molecule has 10 heteroatoms. The van der Waals surface area contributed by atoms with Gasteiger partial charge in [-0.15, -0.1) is 0 Å². The summed E-state index contributed by atoms with van der Waals surface area (Å²) >= 11 is 0. The van der Waals surface area contributed by atoms with Crippen LogP contribution in [0.3, 0.4) is 0 Å². The monoisotopic (exact) mass is 490 g/mol. The highest BCUT2D eigenvalue weighted by molar-refractivity contribution is 6.76. The number of aromatic nitrogens is 2. The Bertz CT molecular complexity index is 1020. The Labute approximate surface area is 202 Å². The molecule has 1 aliphatic rings. The predicted octanol–water partition coefficient (Wildman–Crippen LogP) is 4.19. The molecule has 1 fully saturated rings. The van der Waals surface area contributed by atoms with Crippen LogP contribution in [0.2, 0.25) is 25.7 Å². The number of esters is 1. The fraction of sp³-hybridized carbons (Fsp3) is 0.625. The van der Waals surface area contributed by atoms with E-state index in [4.69, 9.17) is 14.2 Å². The van der Waals surface area contributed by atoms with Crippen LogP contribution >= 0.6 is 0 Å². The summed E-state index contributed by atoms with van der Waals surface area (Å²) in [6.45, 7) is 16.0. The summed E-state index contributed by atoms with van der Waals surface area (Å²) in [5, 5.41) is 5.51. The summed E-state index contributed by atoms with van der Waals surface area (Å²) < 4.78 is 18.1. The van der Waals surface area contributed by atoms with Crippen molar-refractivity contribution < 1.29 is 23.8 Å². The Balaban J connectivity index is 1.78. The van der Waals surface area contributed by atoms with Crippen LogP contribution < -0.4 is 4.90 Å². The number of benzene rings is 1. The third kappa shape index (κ3) is 6.72. The highest BCUT2D eigenvalue weighted by Gasteiger charge is 2.27. The smallest absolute Gasteiger partial charge is 0.410 e. The molecule has 1 amide bonds. The van der Waals surface area contributed by atoms with Crippen molar-refractivity contribution in [2.45, 2.75) is 58.8 Å². The zero-order valence-electron chi connectivity index (χ0n) is 21.5. The molecule has 0 atom stereocenters. The van der Waals surface area contributed by atoms with Crippen molar-refractivity contribution in [2.24, 2.45) is 0 Å². The van der Waals surface area contributed by atoms with E-state index in [0.717, 1.165) is 17.1 Å². The lowest BCUT2D eigenvalue weighted by Gasteiger charge is -2.37. The minimum Gasteiger partial charge on any atom is -0.465 e. The fourth-order valence-electron chi connectivity index (χ4n) is 3.75. The van der Waals surface area contributed by atoms with Crippen molar-refractivity contribution in [3.8, 4) is 0 Å². The fourth-order valence-corrected chi connectivity index (χ4v) is 4.50. The molecule has 188 valence electrons. The number of hydrogen-bond acceptors (Lipinski definition) is 7. The largest absolute Gasteiger partial charge is 0.465 e. The highest BCUT2D eigenvalue weighted by Crippen LogP contribution is 2.30. The summed E-state index contributed by atoms with van der Waals surface area (Å²) in [7, 11) is 0.195. The third-order valence-corrected chi connectivity index (χ3v) is 7.30. The first kappa shape index (κ1) is 26.0. The van der Waals surface area contributed by atoms with Gasteiger partial charge in [0.2, 0.25) is 0 Å². The van der Waals surface area contributed by atoms with Gasteiger partial charge in [0.1, 0.15) is 17.8 Å². The molecule has 0 aliphatic carbocycles. The third-order valence-electron chi connectivity index (χ3n) is 5.60. The SMILES string of the molecule is COC(=O)c1ccc(N2CCN(C(=O)OC(C)(C)C)CC2)c2cn(COCC[Si](C)(C)C)nc12. The van der Waals surface area contributed by atoms with Crippen molar-refractivity contribution in [3.63, 3.8) is 0 Å². The molecular formula is C24H38N4O5Si. The van der Waals surface area contributed by atoms with Gasteiger partial charge in [0, 0.05) is 58.1 Å². The van der Waals surface area contributed by atoms with E-state index in [0.29, 0.717) is 50.6 Å². The molecule has 0 radical (unpaired) electrons. The van der Waals surface area contributed by atoms with Gasteiger partial charge < -0.3 is 24.0 Å². The van der Waals surface area contributed by atoms with Gasteiger partial charge in [0.25, 0.3) is 0 Å². The van der Waals surface area contributed by atoms with Crippen molar-refractivity contribution in [2.75, 3.05) is 44.8 Å². The maximum Gasteiger partial charge on any atom is 0.410 e. The number of piperazine rings is 1. The van der Waals surface area contributed by atoms with E-state index in [-0.39, 0.29) is 6.09 Å². The summed E-state index contributed by atoms with van der Waals surface area (Å²) in [5.41, 5.74) is 1.47. The van der Waals surface area contributed by atoms with Crippen LogP contribution in [0.25, 0.3) is 10.9 Å². The van der Waals surface area contributed by atoms with Gasteiger partial charge in [-0.2, -0.15) is 5.10 Å². The molecule has 9 nitrogen and oxygen atoms in total. The number of rotatable bonds is 7. The second-order valence-electron chi connectivity index (χ2n) is 10.9. The Kier molecular flexibility index (Phi) is 7.92. The van der Waals surface area contributed by atoms with E-state index in [1.165, 1.54) is 7.11 Å². The lowest BCUT2D eigenvalue weighted by molar-refractivity contribution is 0.0240. The molecule has 1 aromatic carbocycles. The number of anilines is 1. The van der Waals surface area contributed by atoms with E-state index < -0.39 is 19.6 Å². The number of carbonyl (C=O) groups is 2. The average molecular weight is 491 g/mol. The highest BCUT2D eigenvalue weighted by atomic mass is 28.3. The maximum atomic E-state index is 12.4. The van der Waals surface area contributed by atoms with Crippen LogP contribution in [0, 0.1) is 0 Å². The summed E-state index contributed by atoms with van der Waals surface area (Å²) in [6, 6.07) is 4.76. The van der Waals surface area contributed by atoms with Crippen LogP contribution in [0.15, 0.2) is 18.3 Å². The van der Waals surface area contributed by atoms with Crippen LogP contribution in [-0.2, 0) is 20.9 Å². The standard InChI is InChI=1S/C24H38N4O5Si/c1-24(2,3)33-23(30)27-12-10-26(11-13-27)20-9-8-18(22(29)31-4)21-19(20)16-28(25-21)17-32-14-15-34(5,6)7/h8-9,16H,10-15,17H2,1-7H3. The van der Waals surface area contributed by atoms with E-state index in [9.17, 15) is 9.59 Å². The zero-order valence-corrected chi connectivity index (χ0v) is 22.5. The van der Waals surface area contributed by atoms with Crippen LogP contribution in [0.1, 0.15) is 31.1 Å². The second kappa shape index (κ2) is 10.3. The van der Waals surface area contributed by atoms with Crippen LogP contribution in [0.4, 0.5) is 10.5 Å². The van der Waals surface area contributed by atoms with Gasteiger partial charge in [-0.1, -0.05) is 19.6 Å². The number of hydrogen-bond donors (Lipinski definition) is 0. The van der Waals surface area contributed by atoms with Gasteiger partial charge in [-0.05, 0) is 38.9 Å². The molecule has 0 unspecified atom stereocenters. The molecule has 2 aromatic rings. The van der Waals surface area contributed by atoms with Crippen molar-refractivity contribution in [1.82, 2.24) is 14.7 Å². The number of methoxy groups -OCH3 is 1. The molecule has 2 heterocycles. The Morgan fingerprint density at radius 1 is 1.09 bits per heavy atom. The Hall–Kier alpha value is -2.59. The number of ether oxygens (including phenoxy) is 3. The van der Waals surface area contributed by atoms with E-state index in [2.05, 4.69) is 29.6 Å². The molecule has 0 spiro atoms. The Morgan fingerprint density at radius 3 is 2.35 bits per heavy atom. The van der Waals surface area contributed by atoms with Crippen LogP contribution in [-0.4, -0.2) is 80.3 Å². The lowest BCUT2D eigenvalue weighted by atomic mass is 10.1. The summed E-state index contributed by atoms with van der Waals surface area (Å²) in [5.74, 6) is -0.420. The molecule has 1 aromatic heterocycles. The quantitative estimate of drug-likeness (QED) is 0.327. The van der Waals surface area contributed by atoms with Gasteiger partial charge in [0.05, 0.1) is 12.7 Å². The topological polar surface area (TPSA) is 86.1 Å². The number of amides is 1. The van der Waals surface area contributed by atoms with Gasteiger partial charge >= 0.3 is 12.1 Å². The maximum absolute atomic E-state index is 12.4. The molecule has 0 saturated carbocycles. The molecular weight excluding hydrogens is 452 g/mol. The van der Waals surface area contributed by atoms with Crippen molar-refractivity contribution >= 4 is 36.7 Å². The summed E-state index contributed by atoms with van der Waals surface area (Å²) in [6.07, 6.45) is 1.63. The molecule has 1 aliphatic heterocycles. The molecule has 34 heavy (non-hydrogen) atoms. The second-order valence-corrected chi connectivity index (χ2v) is 16.5. The normalized spacial score (nSPS) is 15.0. The lowest BCUT2D eigenvalue weighted by Crippen LogP contribution is -2.50. The first-order chi connectivity index (χ1) is 15.9. The average Bonchev–Trinajstić information content (AvgIpc) is 3.18. The summed E-state index contributed by atoms with van der Waals surface area (Å²) in [4.78, 5) is 28.7. The minimum absolute atomic E-state index is 0.290. The van der Waals surface area contributed by atoms with Gasteiger partial charge in [0.15, 0.2) is 0 Å². The van der Waals surface area contributed by atoms with E-state index in [1.54, 1.807) is 15.6 Å². The molecule has 1 saturated heterocycles. The number of fused-ring (bicyclic) bond motifs is 1. The van der Waals surface area contributed by atoms with Gasteiger partial charge in [-0.3, -0.25) is 0 Å². The Morgan fingerprint density at radius 2 is 1.76 bits per heavy atom. The number of carbonyl (C=O) groups excluding carboxylic acids is 2. The van der Waals surface area contributed by atoms with Crippen LogP contribution in [0.5, 0.6) is 0 Å². The first-order valence-electron chi connectivity index (χ1n) is 11.8. The first-order valence-corrected chi connectivity index (χ1v) is 15.5. The van der Waals surface area contributed by atoms with Crippen molar-refractivity contribution in [1.29, 1.82) is 0 Å².